The molecule has 16 heteroatoms. The van der Waals surface area contributed by atoms with Crippen LogP contribution in [-0.4, -0.2) is 118 Å². The van der Waals surface area contributed by atoms with E-state index in [4.69, 9.17) is 28.4 Å². The zero-order valence-electron chi connectivity index (χ0n) is 34.6. The molecular weight excluding hydrogens is 770 g/mol. The third kappa shape index (κ3) is 7.04. The maximum Gasteiger partial charge on any atom is 0.509 e. The Balaban J connectivity index is 1.55. The molecule has 322 valence electrons. The number of Topliss-reactive ketones (excluding diaryl/α,β-unsaturated/α-hetero) is 1. The molecule has 0 unspecified atom stereocenters. The van der Waals surface area contributed by atoms with Crippen LogP contribution in [0.1, 0.15) is 97.9 Å². The predicted octanol–water partition coefficient (Wildman–Crippen LogP) is 3.18. The van der Waals surface area contributed by atoms with Crippen molar-refractivity contribution in [3.8, 4) is 0 Å². The summed E-state index contributed by atoms with van der Waals surface area (Å²) in [5, 5.41) is 38.5. The normalized spacial score (nSPS) is 35.0. The first-order chi connectivity index (χ1) is 27.7. The Morgan fingerprint density at radius 2 is 1.69 bits per heavy atom. The Hall–Kier alpha value is -4.64. The molecule has 2 saturated heterocycles. The van der Waals surface area contributed by atoms with E-state index in [-0.39, 0.29) is 36.2 Å². The van der Waals surface area contributed by atoms with Gasteiger partial charge in [0.25, 0.3) is 0 Å². The van der Waals surface area contributed by atoms with Crippen LogP contribution >= 0.6 is 0 Å². The number of esters is 3. The molecule has 0 radical (unpaired) electrons. The van der Waals surface area contributed by atoms with Gasteiger partial charge in [0.2, 0.25) is 11.5 Å². The second-order valence-electron chi connectivity index (χ2n) is 17.3. The largest absolute Gasteiger partial charge is 0.509 e. The molecule has 6 rings (SSSR count). The summed E-state index contributed by atoms with van der Waals surface area (Å²) in [6, 6.07) is 6.54. The van der Waals surface area contributed by atoms with Crippen molar-refractivity contribution in [3.63, 3.8) is 0 Å². The first-order valence-corrected chi connectivity index (χ1v) is 20.1. The van der Waals surface area contributed by atoms with Gasteiger partial charge in [0.05, 0.1) is 35.6 Å². The highest BCUT2D eigenvalue weighted by atomic mass is 16.8. The van der Waals surface area contributed by atoms with Crippen molar-refractivity contribution in [3.05, 3.63) is 58.7 Å². The molecule has 3 aliphatic carbocycles. The average Bonchev–Trinajstić information content (AvgIpc) is 3.53. The fraction of sp³-hybridized carbons (Fsp3) is 0.628. The average molecular weight is 826 g/mol. The third-order valence-electron chi connectivity index (χ3n) is 13.1. The summed E-state index contributed by atoms with van der Waals surface area (Å²) in [5.41, 5.74) is -7.19. The Bertz CT molecular complexity index is 1940. The third-order valence-corrected chi connectivity index (χ3v) is 13.1. The molecule has 0 aromatic heterocycles. The van der Waals surface area contributed by atoms with Gasteiger partial charge in [0, 0.05) is 25.2 Å². The van der Waals surface area contributed by atoms with E-state index in [1.165, 1.54) is 32.1 Å². The fourth-order valence-electron chi connectivity index (χ4n) is 10.2. The number of nitrogens with one attached hydrogen (secondary N) is 1. The van der Waals surface area contributed by atoms with E-state index in [1.807, 2.05) is 6.92 Å². The lowest BCUT2D eigenvalue weighted by Gasteiger charge is -2.67. The minimum atomic E-state index is -2.30. The van der Waals surface area contributed by atoms with Crippen LogP contribution in [0.5, 0.6) is 0 Å². The summed E-state index contributed by atoms with van der Waals surface area (Å²) < 4.78 is 36.5. The molecule has 4 fully saturated rings. The SMILES string of the molecule is CCCCCC(=O)N[C@@H](C=C(C)C)[C@@H](O)C(=O)O[C@@H]1C(C)=C2[C@@H](O)C(=O)[C@@]3(C)[C@H]([C@H](OC(=O)c4ccccc4)[C@@]4(OC(=O)O[C@@H]14)C2(C)C)[C@]1(OC(C)=O)CO[C@@H]1C[C@@H]3O. The number of unbranched alkanes of at least 4 members (excludes halogenated alkanes) is 2. The molecule has 2 aliphatic heterocycles. The van der Waals surface area contributed by atoms with Gasteiger partial charge in [-0.1, -0.05) is 63.5 Å². The van der Waals surface area contributed by atoms with Crippen LogP contribution in [0.4, 0.5) is 4.79 Å². The number of allylic oxidation sites excluding steroid dienone is 1. The molecule has 12 atom stereocenters. The lowest BCUT2D eigenvalue weighted by molar-refractivity contribution is -0.345. The summed E-state index contributed by atoms with van der Waals surface area (Å²) >= 11 is 0. The van der Waals surface area contributed by atoms with Crippen molar-refractivity contribution in [2.45, 2.75) is 147 Å². The quantitative estimate of drug-likeness (QED) is 0.103. The van der Waals surface area contributed by atoms with E-state index in [0.29, 0.717) is 12.0 Å². The smallest absolute Gasteiger partial charge is 0.454 e. The van der Waals surface area contributed by atoms with E-state index in [9.17, 15) is 39.3 Å². The van der Waals surface area contributed by atoms with E-state index in [0.717, 1.165) is 19.8 Å². The van der Waals surface area contributed by atoms with E-state index in [2.05, 4.69) is 5.32 Å². The van der Waals surface area contributed by atoms with Crippen molar-refractivity contribution in [2.75, 3.05) is 6.61 Å². The van der Waals surface area contributed by atoms with Gasteiger partial charge >= 0.3 is 24.1 Å². The van der Waals surface area contributed by atoms with Gasteiger partial charge in [-0.3, -0.25) is 14.4 Å². The second kappa shape index (κ2) is 16.1. The van der Waals surface area contributed by atoms with Crippen LogP contribution in [0, 0.1) is 16.7 Å². The van der Waals surface area contributed by atoms with Crippen molar-refractivity contribution >= 4 is 35.8 Å². The van der Waals surface area contributed by atoms with Gasteiger partial charge in [-0.15, -0.1) is 0 Å². The maximum atomic E-state index is 15.1. The molecule has 4 N–H and O–H groups in total. The zero-order valence-corrected chi connectivity index (χ0v) is 34.6. The number of ketones is 1. The van der Waals surface area contributed by atoms with E-state index < -0.39 is 112 Å². The van der Waals surface area contributed by atoms with Gasteiger partial charge in [0.15, 0.2) is 35.8 Å². The molecule has 1 spiro atoms. The lowest BCUT2D eigenvalue weighted by Crippen LogP contribution is -2.83. The number of amides is 1. The molecule has 2 heterocycles. The monoisotopic (exact) mass is 825 g/mol. The molecule has 1 aromatic carbocycles. The number of hydrogen-bond acceptors (Lipinski definition) is 15. The Morgan fingerprint density at radius 1 is 1.02 bits per heavy atom. The van der Waals surface area contributed by atoms with Gasteiger partial charge in [0.1, 0.15) is 12.2 Å². The van der Waals surface area contributed by atoms with Gasteiger partial charge in [-0.05, 0) is 57.4 Å². The van der Waals surface area contributed by atoms with E-state index >= 15 is 4.79 Å². The minimum Gasteiger partial charge on any atom is -0.454 e. The van der Waals surface area contributed by atoms with E-state index in [1.54, 1.807) is 45.9 Å². The molecule has 2 saturated carbocycles. The number of carbonyl (C=O) groups is 6. The number of fused-ring (bicyclic) bond motifs is 4. The molecular formula is C43H55NO15. The zero-order chi connectivity index (χ0) is 43.4. The molecule has 59 heavy (non-hydrogen) atoms. The highest BCUT2D eigenvalue weighted by Crippen LogP contribution is 2.66. The number of rotatable bonds is 12. The summed E-state index contributed by atoms with van der Waals surface area (Å²) in [5.74, 6) is -5.94. The first-order valence-electron chi connectivity index (χ1n) is 20.1. The topological polar surface area (TPSA) is 231 Å². The number of carbonyl (C=O) groups excluding carboxylic acids is 6. The summed E-state index contributed by atoms with van der Waals surface area (Å²) in [4.78, 5) is 83.1. The van der Waals surface area contributed by atoms with Crippen LogP contribution in [0.3, 0.4) is 0 Å². The van der Waals surface area contributed by atoms with Crippen molar-refractivity contribution in [2.24, 2.45) is 16.7 Å². The molecule has 1 aromatic rings. The molecule has 16 nitrogen and oxygen atoms in total. The Morgan fingerprint density at radius 3 is 2.29 bits per heavy atom. The number of aliphatic hydroxyl groups excluding tert-OH is 3. The highest BCUT2D eigenvalue weighted by molar-refractivity contribution is 5.94. The summed E-state index contributed by atoms with van der Waals surface area (Å²) in [6.07, 6.45) is -9.54. The van der Waals surface area contributed by atoms with Gasteiger partial charge in [-0.2, -0.15) is 0 Å². The maximum absolute atomic E-state index is 15.1. The molecule has 1 amide bonds. The molecule has 5 aliphatic rings. The van der Waals surface area contributed by atoms with Gasteiger partial charge in [-0.25, -0.2) is 14.4 Å². The first kappa shape index (κ1) is 43.9. The van der Waals surface area contributed by atoms with Crippen LogP contribution < -0.4 is 5.32 Å². The number of aliphatic hydroxyl groups is 3. The summed E-state index contributed by atoms with van der Waals surface area (Å²) in [6.45, 7) is 12.1. The summed E-state index contributed by atoms with van der Waals surface area (Å²) in [7, 11) is 0. The lowest BCUT2D eigenvalue weighted by atomic mass is 9.44. The standard InChI is InChI=1S/C43H55NO15/c1-9-10-12-17-28(47)44-25(18-21(2)3)30(48)38(52)55-32-22(4)29-31(49)34(50)41(8)26(46)19-27-42(20-54-27,58-23(5)45)33(41)36(56-37(51)24-15-13-11-14-16-24)43(40(29,6)7)35(32)57-39(53)59-43/h11,13-16,18,25-27,30-33,35-36,46,48-49H,9-10,12,17,19-20H2,1-8H3,(H,44,47)/t25-,26-,27+,30+,31+,32+,33-,35-,36-,41+,42-,43+/m0/s1. The highest BCUT2D eigenvalue weighted by Gasteiger charge is 2.83. The van der Waals surface area contributed by atoms with Crippen LogP contribution in [0.25, 0.3) is 0 Å². The Labute approximate surface area is 342 Å². The minimum absolute atomic E-state index is 0.0498. The van der Waals surface area contributed by atoms with Crippen molar-refractivity contribution in [1.82, 2.24) is 5.32 Å². The number of benzene rings is 1. The predicted molar refractivity (Wildman–Crippen MR) is 205 cm³/mol. The number of hydrogen-bond donors (Lipinski definition) is 4. The molecule has 2 bridgehead atoms. The van der Waals surface area contributed by atoms with Crippen LogP contribution in [0.2, 0.25) is 0 Å². The number of ether oxygens (including phenoxy) is 6. The van der Waals surface area contributed by atoms with Crippen LogP contribution in [-0.2, 0) is 47.6 Å². The Kier molecular flexibility index (Phi) is 12.0. The van der Waals surface area contributed by atoms with Gasteiger partial charge < -0.3 is 49.1 Å². The van der Waals surface area contributed by atoms with Crippen molar-refractivity contribution < 1.29 is 72.5 Å². The fourth-order valence-corrected chi connectivity index (χ4v) is 10.2. The van der Waals surface area contributed by atoms with Crippen molar-refractivity contribution in [1.29, 1.82) is 0 Å². The van der Waals surface area contributed by atoms with Crippen LogP contribution in [0.15, 0.2) is 53.1 Å². The second-order valence-corrected chi connectivity index (χ2v) is 17.3.